The number of benzene rings is 2. The minimum absolute atomic E-state index is 0.0380. The molecule has 0 unspecified atom stereocenters. The van der Waals surface area contributed by atoms with E-state index in [0.29, 0.717) is 34.5 Å². The fourth-order valence-corrected chi connectivity index (χ4v) is 5.57. The summed E-state index contributed by atoms with van der Waals surface area (Å²) in [6.45, 7) is 5.36. The number of aromatic nitrogens is 3. The van der Waals surface area contributed by atoms with Crippen molar-refractivity contribution in [1.82, 2.24) is 25.2 Å². The third-order valence-electron chi connectivity index (χ3n) is 7.74. The summed E-state index contributed by atoms with van der Waals surface area (Å²) in [4.78, 5) is 20.3. The molecule has 0 aliphatic rings. The van der Waals surface area contributed by atoms with Crippen molar-refractivity contribution in [3.05, 3.63) is 81.1 Å². The van der Waals surface area contributed by atoms with Gasteiger partial charge in [-0.1, -0.05) is 23.7 Å². The Hall–Kier alpha value is -3.77. The summed E-state index contributed by atoms with van der Waals surface area (Å²) >= 11 is 6.25. The number of halogens is 2. The second-order valence-electron chi connectivity index (χ2n) is 11.4. The first-order valence-electron chi connectivity index (χ1n) is 15.1. The van der Waals surface area contributed by atoms with Gasteiger partial charge >= 0.3 is 5.69 Å². The highest BCUT2D eigenvalue weighted by Crippen LogP contribution is 2.31. The van der Waals surface area contributed by atoms with Crippen LogP contribution in [-0.2, 0) is 6.42 Å². The number of hydrogen-bond acceptors (Lipinski definition) is 6. The van der Waals surface area contributed by atoms with E-state index < -0.39 is 11.5 Å². The highest BCUT2D eigenvalue weighted by atomic mass is 35.5. The number of guanidine groups is 1. The van der Waals surface area contributed by atoms with Gasteiger partial charge in [-0.15, -0.1) is 0 Å². The molecule has 4 aromatic rings. The van der Waals surface area contributed by atoms with E-state index in [9.17, 15) is 4.79 Å². The van der Waals surface area contributed by atoms with E-state index in [1.807, 2.05) is 31.2 Å². The summed E-state index contributed by atoms with van der Waals surface area (Å²) in [5, 5.41) is 14.7. The summed E-state index contributed by atoms with van der Waals surface area (Å²) in [5.74, 6) is -0.562. The molecule has 3 atom stereocenters. The number of fused-ring (bicyclic) bond motifs is 1. The van der Waals surface area contributed by atoms with Gasteiger partial charge in [0.15, 0.2) is 11.8 Å². The zero-order chi connectivity index (χ0) is 31.8. The van der Waals surface area contributed by atoms with Crippen LogP contribution in [0.3, 0.4) is 0 Å². The lowest BCUT2D eigenvalue weighted by Crippen LogP contribution is -2.41. The van der Waals surface area contributed by atoms with Crippen molar-refractivity contribution in [2.24, 2.45) is 17.2 Å². The lowest BCUT2D eigenvalue weighted by atomic mass is 10.0. The lowest BCUT2D eigenvalue weighted by Gasteiger charge is -2.21. The van der Waals surface area contributed by atoms with E-state index in [4.69, 9.17) is 34.2 Å². The third-order valence-corrected chi connectivity index (χ3v) is 8.02. The second kappa shape index (κ2) is 15.3. The van der Waals surface area contributed by atoms with Crippen molar-refractivity contribution in [2.45, 2.75) is 70.5 Å². The first-order chi connectivity index (χ1) is 21.0. The van der Waals surface area contributed by atoms with Gasteiger partial charge in [-0.05, 0) is 107 Å². The molecule has 12 heteroatoms. The van der Waals surface area contributed by atoms with Gasteiger partial charge in [-0.2, -0.15) is 4.98 Å². The van der Waals surface area contributed by atoms with E-state index in [1.54, 1.807) is 24.4 Å². The predicted molar refractivity (Wildman–Crippen MR) is 177 cm³/mol. The molecule has 0 saturated heterocycles. The molecular formula is C32H43ClFN9O. The molecule has 0 aliphatic heterocycles. The molecular weight excluding hydrogens is 581 g/mol. The zero-order valence-corrected chi connectivity index (χ0v) is 26.1. The van der Waals surface area contributed by atoms with Crippen LogP contribution in [0.15, 0.2) is 53.5 Å². The summed E-state index contributed by atoms with van der Waals surface area (Å²) in [7, 11) is 0. The molecule has 0 bridgehead atoms. The standard InChI is InChI=1S/C32H43ClFN9O/c1-19(36)5-3-6-21-15-26(29(34)27(33)16-21)28-17-23-18-43(32(44)42-30(23)41-28)25-10-8-22(9-11-25)20(2)39-14-12-24(7-4-13-35)40-31(37)38/h8-11,15-20,24,39H,3-7,12-14,35-36H2,1-2H3,(H4,37,38,40)(H,41,42,44)/t19-,20-,24+/m0/s1. The molecule has 44 heavy (non-hydrogen) atoms. The number of nitrogens with two attached hydrogens (primary N) is 3. The van der Waals surface area contributed by atoms with Crippen molar-refractivity contribution in [1.29, 1.82) is 5.41 Å². The highest BCUT2D eigenvalue weighted by molar-refractivity contribution is 6.31. The SMILES string of the molecule is C[C@H](N)CCCc1cc(Cl)c(F)c(-c2cc3cn(-c4ccc([C@H](C)NCC[C@@H](CCCN)NC(=N)N)cc4)c(=O)nc3[nH]2)c1. The fraction of sp³-hybridized carbons (Fsp3) is 0.406. The first kappa shape index (κ1) is 33.1. The monoisotopic (exact) mass is 623 g/mol. The number of nitrogens with zero attached hydrogens (tertiary/aromatic N) is 2. The molecule has 0 amide bonds. The van der Waals surface area contributed by atoms with Crippen LogP contribution >= 0.6 is 11.6 Å². The van der Waals surface area contributed by atoms with Crippen LogP contribution in [0.25, 0.3) is 28.0 Å². The predicted octanol–water partition coefficient (Wildman–Crippen LogP) is 4.47. The lowest BCUT2D eigenvalue weighted by molar-refractivity contribution is 0.463. The van der Waals surface area contributed by atoms with Crippen molar-refractivity contribution < 1.29 is 4.39 Å². The molecule has 236 valence electrons. The Morgan fingerprint density at radius 1 is 1.14 bits per heavy atom. The summed E-state index contributed by atoms with van der Waals surface area (Å²) in [5.41, 5.74) is 20.4. The van der Waals surface area contributed by atoms with E-state index in [0.717, 1.165) is 56.2 Å². The van der Waals surface area contributed by atoms with Gasteiger partial charge in [0, 0.05) is 35.3 Å². The maximum absolute atomic E-state index is 15.1. The number of aryl methyl sites for hydroxylation is 1. The van der Waals surface area contributed by atoms with Crippen molar-refractivity contribution in [3.8, 4) is 16.9 Å². The second-order valence-corrected chi connectivity index (χ2v) is 11.8. The number of hydrogen-bond donors (Lipinski definition) is 7. The van der Waals surface area contributed by atoms with E-state index in [2.05, 4.69) is 27.5 Å². The van der Waals surface area contributed by atoms with Crippen molar-refractivity contribution in [3.63, 3.8) is 0 Å². The molecule has 0 fully saturated rings. The Labute approximate surface area is 262 Å². The molecule has 0 aliphatic carbocycles. The smallest absolute Gasteiger partial charge is 0.354 e. The minimum atomic E-state index is -0.524. The summed E-state index contributed by atoms with van der Waals surface area (Å²) < 4.78 is 16.6. The van der Waals surface area contributed by atoms with E-state index in [-0.39, 0.29) is 29.1 Å². The van der Waals surface area contributed by atoms with Crippen LogP contribution in [0, 0.1) is 11.2 Å². The molecule has 0 radical (unpaired) electrons. The van der Waals surface area contributed by atoms with Crippen LogP contribution in [0.5, 0.6) is 0 Å². The van der Waals surface area contributed by atoms with Gasteiger partial charge in [0.25, 0.3) is 0 Å². The number of aromatic amines is 1. The molecule has 2 aromatic carbocycles. The van der Waals surface area contributed by atoms with E-state index >= 15 is 4.39 Å². The van der Waals surface area contributed by atoms with Crippen molar-refractivity contribution >= 4 is 28.6 Å². The van der Waals surface area contributed by atoms with Gasteiger partial charge in [0.1, 0.15) is 5.65 Å². The molecule has 2 heterocycles. The average molecular weight is 624 g/mol. The van der Waals surface area contributed by atoms with Gasteiger partial charge in [-0.3, -0.25) is 9.98 Å². The van der Waals surface area contributed by atoms with Crippen molar-refractivity contribution in [2.75, 3.05) is 13.1 Å². The molecule has 10 nitrogen and oxygen atoms in total. The summed E-state index contributed by atoms with van der Waals surface area (Å²) in [6.07, 6.45) is 6.68. The third kappa shape index (κ3) is 8.66. The van der Waals surface area contributed by atoms with Crippen LogP contribution in [-0.4, -0.2) is 45.7 Å². The van der Waals surface area contributed by atoms with Crippen LogP contribution in [0.1, 0.15) is 63.1 Å². The van der Waals surface area contributed by atoms with Crippen LogP contribution in [0.2, 0.25) is 5.02 Å². The van der Waals surface area contributed by atoms with Gasteiger partial charge < -0.3 is 32.8 Å². The van der Waals surface area contributed by atoms with Crippen LogP contribution in [0.4, 0.5) is 4.39 Å². The Balaban J connectivity index is 1.48. The Bertz CT molecular complexity index is 1620. The normalized spacial score (nSPS) is 13.6. The average Bonchev–Trinajstić information content (AvgIpc) is 3.39. The van der Waals surface area contributed by atoms with Gasteiger partial charge in [0.05, 0.1) is 16.4 Å². The molecule has 10 N–H and O–H groups in total. The summed E-state index contributed by atoms with van der Waals surface area (Å²) in [6, 6.07) is 13.2. The Morgan fingerprint density at radius 3 is 2.57 bits per heavy atom. The Morgan fingerprint density at radius 2 is 1.89 bits per heavy atom. The largest absolute Gasteiger partial charge is 0.370 e. The quantitative estimate of drug-likeness (QED) is 0.0754. The number of rotatable bonds is 15. The zero-order valence-electron chi connectivity index (χ0n) is 25.3. The maximum atomic E-state index is 15.1. The molecule has 0 saturated carbocycles. The minimum Gasteiger partial charge on any atom is -0.370 e. The molecule has 4 rings (SSSR count). The fourth-order valence-electron chi connectivity index (χ4n) is 5.33. The first-order valence-corrected chi connectivity index (χ1v) is 15.4. The molecule has 0 spiro atoms. The van der Waals surface area contributed by atoms with Gasteiger partial charge in [-0.25, -0.2) is 9.18 Å². The maximum Gasteiger partial charge on any atom is 0.354 e. The van der Waals surface area contributed by atoms with Crippen LogP contribution < -0.4 is 33.5 Å². The number of nitrogens with one attached hydrogen (secondary N) is 4. The molecule has 2 aromatic heterocycles. The number of H-pyrrole nitrogens is 1. The van der Waals surface area contributed by atoms with E-state index in [1.165, 1.54) is 4.57 Å². The topological polar surface area (TPSA) is 177 Å². The highest BCUT2D eigenvalue weighted by Gasteiger charge is 2.16. The Kier molecular flexibility index (Phi) is 11.5. The van der Waals surface area contributed by atoms with Gasteiger partial charge in [0.2, 0.25) is 0 Å².